The molecular formula is C20H11ClO4. The lowest BCUT2D eigenvalue weighted by atomic mass is 10.0. The minimum atomic E-state index is -0.547. The quantitative estimate of drug-likeness (QED) is 0.469. The maximum Gasteiger partial charge on any atom is 0.343 e. The van der Waals surface area contributed by atoms with E-state index in [2.05, 4.69) is 0 Å². The van der Waals surface area contributed by atoms with Crippen LogP contribution in [0.1, 0.15) is 20.7 Å². The van der Waals surface area contributed by atoms with Crippen molar-refractivity contribution in [1.29, 1.82) is 0 Å². The fourth-order valence-corrected chi connectivity index (χ4v) is 2.79. The third-order valence-corrected chi connectivity index (χ3v) is 4.18. The Kier molecular flexibility index (Phi) is 3.75. The van der Waals surface area contributed by atoms with Crippen molar-refractivity contribution in [2.75, 3.05) is 0 Å². The first kappa shape index (κ1) is 15.4. The van der Waals surface area contributed by atoms with Crippen LogP contribution in [0.15, 0.2) is 66.7 Å². The lowest BCUT2D eigenvalue weighted by Crippen LogP contribution is -2.13. The fourth-order valence-electron chi connectivity index (χ4n) is 2.60. The minimum Gasteiger partial charge on any atom is -0.422 e. The molecule has 4 heterocycles. The number of esters is 2. The summed E-state index contributed by atoms with van der Waals surface area (Å²) < 4.78 is 11.0. The summed E-state index contributed by atoms with van der Waals surface area (Å²) in [5.74, 6) is -0.573. The first-order valence-electron chi connectivity index (χ1n) is 7.55. The molecule has 0 saturated carbocycles. The van der Waals surface area contributed by atoms with E-state index in [0.717, 1.165) is 5.56 Å². The molecule has 0 aliphatic carbocycles. The van der Waals surface area contributed by atoms with E-state index in [-0.39, 0.29) is 10.8 Å². The van der Waals surface area contributed by atoms with Gasteiger partial charge in [-0.05, 0) is 35.9 Å². The van der Waals surface area contributed by atoms with Gasteiger partial charge >= 0.3 is 11.9 Å². The molecule has 0 atom stereocenters. The van der Waals surface area contributed by atoms with E-state index in [9.17, 15) is 9.59 Å². The van der Waals surface area contributed by atoms with Gasteiger partial charge in [0.1, 0.15) is 5.75 Å². The molecule has 4 aliphatic rings. The summed E-state index contributed by atoms with van der Waals surface area (Å²) in [6, 6.07) is 18.5. The van der Waals surface area contributed by atoms with Gasteiger partial charge < -0.3 is 9.47 Å². The van der Waals surface area contributed by atoms with Gasteiger partial charge in [-0.2, -0.15) is 0 Å². The average molecular weight is 351 g/mol. The first-order valence-corrected chi connectivity index (χ1v) is 7.93. The number of rotatable bonds is 1. The van der Waals surface area contributed by atoms with Gasteiger partial charge in [0.15, 0.2) is 5.75 Å². The molecule has 5 heteroatoms. The van der Waals surface area contributed by atoms with Crippen LogP contribution in [0.5, 0.6) is 11.5 Å². The van der Waals surface area contributed by atoms with Gasteiger partial charge in [0.2, 0.25) is 0 Å². The number of ether oxygens (including phenoxy) is 2. The maximum atomic E-state index is 12.4. The zero-order valence-corrected chi connectivity index (χ0v) is 13.6. The molecule has 0 N–H and O–H groups in total. The number of hydrogen-bond donors (Lipinski definition) is 0. The second-order valence-electron chi connectivity index (χ2n) is 5.50. The van der Waals surface area contributed by atoms with Gasteiger partial charge in [0, 0.05) is 11.6 Å². The maximum absolute atomic E-state index is 12.4. The zero-order chi connectivity index (χ0) is 17.4. The summed E-state index contributed by atoms with van der Waals surface area (Å²) in [6.07, 6.45) is 0. The Balaban J connectivity index is 1.93. The predicted octanol–water partition coefficient (Wildman–Crippen LogP) is 4.76. The van der Waals surface area contributed by atoms with Crippen molar-refractivity contribution < 1.29 is 19.1 Å². The molecule has 0 amide bonds. The van der Waals surface area contributed by atoms with Crippen molar-refractivity contribution in [3.8, 4) is 22.6 Å². The van der Waals surface area contributed by atoms with Gasteiger partial charge in [-0.3, -0.25) is 0 Å². The second kappa shape index (κ2) is 6.07. The molecule has 3 aromatic carbocycles. The molecule has 0 unspecified atom stereocenters. The van der Waals surface area contributed by atoms with Crippen LogP contribution in [0.4, 0.5) is 0 Å². The van der Waals surface area contributed by atoms with Crippen LogP contribution in [-0.2, 0) is 0 Å². The Hall–Kier alpha value is -3.11. The van der Waals surface area contributed by atoms with E-state index in [4.69, 9.17) is 21.1 Å². The third kappa shape index (κ3) is 2.88. The number of carbonyl (C=O) groups excluding carboxylic acids is 2. The largest absolute Gasteiger partial charge is 0.422 e. The first-order chi connectivity index (χ1) is 12.1. The Morgan fingerprint density at radius 2 is 1.20 bits per heavy atom. The normalized spacial score (nSPS) is 13.0. The summed E-state index contributed by atoms with van der Waals surface area (Å²) in [6.45, 7) is 0. The number of hydrogen-bond acceptors (Lipinski definition) is 4. The molecule has 0 saturated heterocycles. The molecule has 0 aromatic heterocycles. The van der Waals surface area contributed by atoms with Crippen molar-refractivity contribution >= 4 is 23.5 Å². The smallest absolute Gasteiger partial charge is 0.343 e. The van der Waals surface area contributed by atoms with Crippen LogP contribution in [0, 0.1) is 0 Å². The van der Waals surface area contributed by atoms with Crippen molar-refractivity contribution in [3.05, 3.63) is 82.9 Å². The van der Waals surface area contributed by atoms with Crippen LogP contribution in [0.3, 0.4) is 0 Å². The van der Waals surface area contributed by atoms with Crippen molar-refractivity contribution in [2.45, 2.75) is 0 Å². The highest BCUT2D eigenvalue weighted by molar-refractivity contribution is 6.32. The van der Waals surface area contributed by atoms with E-state index in [1.807, 2.05) is 30.3 Å². The average Bonchev–Trinajstić information content (AvgIpc) is 2.63. The summed E-state index contributed by atoms with van der Waals surface area (Å²) in [5.41, 5.74) is 2.07. The van der Waals surface area contributed by atoms with Gasteiger partial charge in [-0.1, -0.05) is 41.9 Å². The Morgan fingerprint density at radius 3 is 1.80 bits per heavy atom. The fraction of sp³-hybridized carbons (Fsp3) is 0. The predicted molar refractivity (Wildman–Crippen MR) is 93.2 cm³/mol. The zero-order valence-electron chi connectivity index (χ0n) is 12.9. The van der Waals surface area contributed by atoms with Crippen LogP contribution >= 0.6 is 11.6 Å². The van der Waals surface area contributed by atoms with Crippen molar-refractivity contribution in [2.24, 2.45) is 0 Å². The number of halogens is 1. The minimum absolute atomic E-state index is 0.186. The molecule has 4 nitrogen and oxygen atoms in total. The molecular weight excluding hydrogens is 340 g/mol. The van der Waals surface area contributed by atoms with Crippen molar-refractivity contribution in [3.63, 3.8) is 0 Å². The highest BCUT2D eigenvalue weighted by Gasteiger charge is 2.20. The van der Waals surface area contributed by atoms with Crippen molar-refractivity contribution in [1.82, 2.24) is 0 Å². The molecule has 7 rings (SSSR count). The highest BCUT2D eigenvalue weighted by atomic mass is 35.5. The molecule has 122 valence electrons. The van der Waals surface area contributed by atoms with E-state index in [1.54, 1.807) is 6.07 Å². The Bertz CT molecular complexity index is 979. The van der Waals surface area contributed by atoms with Gasteiger partial charge in [0.25, 0.3) is 0 Å². The van der Waals surface area contributed by atoms with E-state index in [1.165, 1.54) is 30.3 Å². The monoisotopic (exact) mass is 350 g/mol. The van der Waals surface area contributed by atoms with Crippen LogP contribution in [0.25, 0.3) is 11.1 Å². The molecule has 4 bridgehead atoms. The Labute approximate surface area is 148 Å². The van der Waals surface area contributed by atoms with E-state index < -0.39 is 11.9 Å². The van der Waals surface area contributed by atoms with Gasteiger partial charge in [0.05, 0.1) is 16.1 Å². The number of benzene rings is 3. The molecule has 0 spiro atoms. The lowest BCUT2D eigenvalue weighted by Gasteiger charge is -2.15. The summed E-state index contributed by atoms with van der Waals surface area (Å²) in [4.78, 5) is 24.7. The van der Waals surface area contributed by atoms with Crippen LogP contribution in [-0.4, -0.2) is 11.9 Å². The van der Waals surface area contributed by atoms with Gasteiger partial charge in [-0.25, -0.2) is 9.59 Å². The van der Waals surface area contributed by atoms with Gasteiger partial charge in [-0.15, -0.1) is 0 Å². The number of carbonyl (C=O) groups is 2. The molecule has 25 heavy (non-hydrogen) atoms. The second-order valence-corrected chi connectivity index (χ2v) is 5.91. The molecule has 3 aromatic rings. The summed E-state index contributed by atoms with van der Waals surface area (Å²) in [5, 5.41) is 0.186. The standard InChI is InChI=1S/C20H11ClO4/c21-16-11-17-15(12-4-2-1-3-5-12)10-18(16)25-20(23)14-8-6-13(7-9-14)19(22)24-17/h1-11H. The molecule has 0 fully saturated rings. The topological polar surface area (TPSA) is 52.6 Å². The van der Waals surface area contributed by atoms with Crippen LogP contribution in [0.2, 0.25) is 5.02 Å². The van der Waals surface area contributed by atoms with E-state index in [0.29, 0.717) is 22.4 Å². The highest BCUT2D eigenvalue weighted by Crippen LogP contribution is 2.39. The SMILES string of the molecule is O=C1Oc2cc(-c3ccccc3)c(cc2Cl)OC(=O)c2ccc1cc2. The molecule has 0 radical (unpaired) electrons. The lowest BCUT2D eigenvalue weighted by molar-refractivity contribution is 0.0715. The summed E-state index contributed by atoms with van der Waals surface area (Å²) in [7, 11) is 0. The van der Waals surface area contributed by atoms with E-state index >= 15 is 0 Å². The molecule has 4 aliphatic heterocycles. The van der Waals surface area contributed by atoms with Crippen LogP contribution < -0.4 is 9.47 Å². The Morgan fingerprint density at radius 1 is 0.640 bits per heavy atom. The summed E-state index contributed by atoms with van der Waals surface area (Å²) >= 11 is 6.22. The third-order valence-electron chi connectivity index (χ3n) is 3.88.